The minimum atomic E-state index is -1.22. The van der Waals surface area contributed by atoms with E-state index in [2.05, 4.69) is 10.3 Å². The average Bonchev–Trinajstić information content (AvgIpc) is 2.66. The van der Waals surface area contributed by atoms with Gasteiger partial charge in [-0.3, -0.25) is 4.79 Å². The summed E-state index contributed by atoms with van der Waals surface area (Å²) in [5.74, 6) is -1.32. The zero-order chi connectivity index (χ0) is 12.2. The Morgan fingerprint density at radius 3 is 2.75 bits per heavy atom. The second-order valence-electron chi connectivity index (χ2n) is 3.96. The number of carboxylic acid groups (broad SMARTS) is 1. The van der Waals surface area contributed by atoms with Crippen LogP contribution in [0, 0.1) is 0 Å². The maximum Gasteiger partial charge on any atom is 0.328 e. The van der Waals surface area contributed by atoms with Gasteiger partial charge >= 0.3 is 5.97 Å². The van der Waals surface area contributed by atoms with Crippen LogP contribution in [0.5, 0.6) is 0 Å². The van der Waals surface area contributed by atoms with Gasteiger partial charge in [0.25, 0.3) is 0 Å². The number of aliphatic carboxylic acids is 1. The van der Waals surface area contributed by atoms with Gasteiger partial charge in [-0.1, -0.05) is 0 Å². The third kappa shape index (κ3) is 3.62. The summed E-state index contributed by atoms with van der Waals surface area (Å²) in [6.07, 6.45) is 0.783. The van der Waals surface area contributed by atoms with E-state index in [0.717, 1.165) is 5.69 Å². The molecule has 5 nitrogen and oxygen atoms in total. The molecule has 0 bridgehead atoms. The first-order valence-corrected chi connectivity index (χ1v) is 5.77. The summed E-state index contributed by atoms with van der Waals surface area (Å²) in [5.41, 5.74) is 1.33. The van der Waals surface area contributed by atoms with Crippen LogP contribution in [0.15, 0.2) is 10.9 Å². The van der Waals surface area contributed by atoms with Crippen molar-refractivity contribution >= 4 is 23.2 Å². The lowest BCUT2D eigenvalue weighted by atomic mass is 10.1. The van der Waals surface area contributed by atoms with Crippen LogP contribution in [0.3, 0.4) is 0 Å². The molecular weight excluding hydrogens is 228 g/mol. The predicted octanol–water partition coefficient (Wildman–Crippen LogP) is 1.06. The van der Waals surface area contributed by atoms with E-state index in [1.165, 1.54) is 25.2 Å². The number of amides is 1. The molecule has 0 fully saturated rings. The van der Waals surface area contributed by atoms with Gasteiger partial charge in [0.05, 0.1) is 11.2 Å². The van der Waals surface area contributed by atoms with E-state index in [1.807, 2.05) is 5.38 Å². The molecule has 0 atom stereocenters. The van der Waals surface area contributed by atoms with Gasteiger partial charge in [-0.2, -0.15) is 0 Å². The number of carbonyl (C=O) groups is 2. The van der Waals surface area contributed by atoms with Crippen LogP contribution in [0.4, 0.5) is 0 Å². The van der Waals surface area contributed by atoms with Gasteiger partial charge in [0, 0.05) is 11.8 Å². The normalized spacial score (nSPS) is 11.1. The lowest BCUT2D eigenvalue weighted by Gasteiger charge is -2.20. The molecule has 1 heterocycles. The Bertz CT molecular complexity index is 373. The van der Waals surface area contributed by atoms with Gasteiger partial charge in [0.2, 0.25) is 5.91 Å². The van der Waals surface area contributed by atoms with Crippen molar-refractivity contribution in [2.45, 2.75) is 32.2 Å². The van der Waals surface area contributed by atoms with Gasteiger partial charge in [0.15, 0.2) is 0 Å². The highest BCUT2D eigenvalue weighted by Gasteiger charge is 2.28. The molecule has 6 heteroatoms. The molecule has 0 saturated carbocycles. The van der Waals surface area contributed by atoms with E-state index in [4.69, 9.17) is 5.11 Å². The quantitative estimate of drug-likeness (QED) is 0.809. The standard InChI is InChI=1S/C10H14N2O3S/c1-10(2,9(14)15)12-8(13)4-3-7-5-16-6-11-7/h5-6H,3-4H2,1-2H3,(H,12,13)(H,14,15). The molecule has 1 amide bonds. The number of nitrogens with one attached hydrogen (secondary N) is 1. The van der Waals surface area contributed by atoms with E-state index in [0.29, 0.717) is 6.42 Å². The van der Waals surface area contributed by atoms with Crippen LogP contribution >= 0.6 is 11.3 Å². The zero-order valence-corrected chi connectivity index (χ0v) is 10.0. The summed E-state index contributed by atoms with van der Waals surface area (Å²) in [4.78, 5) is 26.3. The van der Waals surface area contributed by atoms with Crippen LogP contribution in [-0.4, -0.2) is 27.5 Å². The Kier molecular flexibility index (Phi) is 4.00. The van der Waals surface area contributed by atoms with Crippen LogP contribution in [0.1, 0.15) is 26.0 Å². The molecule has 0 aromatic carbocycles. The molecule has 0 aliphatic rings. The van der Waals surface area contributed by atoms with Crippen molar-refractivity contribution < 1.29 is 14.7 Å². The molecule has 0 spiro atoms. The smallest absolute Gasteiger partial charge is 0.328 e. The summed E-state index contributed by atoms with van der Waals surface area (Å²) in [5, 5.41) is 13.1. The first kappa shape index (κ1) is 12.6. The zero-order valence-electron chi connectivity index (χ0n) is 9.19. The monoisotopic (exact) mass is 242 g/mol. The van der Waals surface area contributed by atoms with E-state index in [1.54, 1.807) is 5.51 Å². The molecule has 2 N–H and O–H groups in total. The number of carboxylic acids is 1. The summed E-state index contributed by atoms with van der Waals surface area (Å²) < 4.78 is 0. The molecule has 0 saturated heterocycles. The average molecular weight is 242 g/mol. The number of aromatic nitrogens is 1. The number of hydrogen-bond donors (Lipinski definition) is 2. The van der Waals surface area contributed by atoms with E-state index in [-0.39, 0.29) is 12.3 Å². The third-order valence-corrected chi connectivity index (χ3v) is 2.71. The third-order valence-electron chi connectivity index (χ3n) is 2.08. The number of nitrogens with zero attached hydrogens (tertiary/aromatic N) is 1. The Labute approximate surface area is 97.5 Å². The second-order valence-corrected chi connectivity index (χ2v) is 4.68. The number of thiazole rings is 1. The van der Waals surface area contributed by atoms with Crippen molar-refractivity contribution in [1.82, 2.24) is 10.3 Å². The van der Waals surface area contributed by atoms with Crippen molar-refractivity contribution in [2.24, 2.45) is 0 Å². The van der Waals surface area contributed by atoms with Crippen molar-refractivity contribution in [3.05, 3.63) is 16.6 Å². The van der Waals surface area contributed by atoms with Crippen molar-refractivity contribution in [3.63, 3.8) is 0 Å². The maximum absolute atomic E-state index is 11.5. The summed E-state index contributed by atoms with van der Waals surface area (Å²) in [6, 6.07) is 0. The van der Waals surface area contributed by atoms with Crippen molar-refractivity contribution in [1.29, 1.82) is 0 Å². The van der Waals surface area contributed by atoms with Crippen LogP contribution in [0.25, 0.3) is 0 Å². The Hall–Kier alpha value is -1.43. The van der Waals surface area contributed by atoms with Crippen molar-refractivity contribution in [2.75, 3.05) is 0 Å². The fraction of sp³-hybridized carbons (Fsp3) is 0.500. The van der Waals surface area contributed by atoms with E-state index >= 15 is 0 Å². The van der Waals surface area contributed by atoms with E-state index < -0.39 is 11.5 Å². The molecule has 1 rings (SSSR count). The lowest BCUT2D eigenvalue weighted by molar-refractivity contribution is -0.146. The summed E-state index contributed by atoms with van der Waals surface area (Å²) >= 11 is 1.47. The maximum atomic E-state index is 11.5. The molecule has 1 aromatic heterocycles. The molecule has 1 aromatic rings. The second kappa shape index (κ2) is 5.07. The van der Waals surface area contributed by atoms with E-state index in [9.17, 15) is 9.59 Å². The largest absolute Gasteiger partial charge is 0.480 e. The van der Waals surface area contributed by atoms with Gasteiger partial charge in [-0.15, -0.1) is 11.3 Å². The summed E-state index contributed by atoms with van der Waals surface area (Å²) in [6.45, 7) is 2.91. The van der Waals surface area contributed by atoms with Crippen LogP contribution < -0.4 is 5.32 Å². The molecule has 0 unspecified atom stereocenters. The SMILES string of the molecule is CC(C)(NC(=O)CCc1cscn1)C(=O)O. The van der Waals surface area contributed by atoms with Gasteiger partial charge in [-0.25, -0.2) is 9.78 Å². The van der Waals surface area contributed by atoms with Gasteiger partial charge < -0.3 is 10.4 Å². The minimum absolute atomic E-state index is 0.250. The Morgan fingerprint density at radius 2 is 2.25 bits per heavy atom. The number of carbonyl (C=O) groups excluding carboxylic acids is 1. The van der Waals surface area contributed by atoms with Crippen molar-refractivity contribution in [3.8, 4) is 0 Å². The number of rotatable bonds is 5. The Balaban J connectivity index is 2.39. The molecule has 16 heavy (non-hydrogen) atoms. The first-order valence-electron chi connectivity index (χ1n) is 4.83. The van der Waals surface area contributed by atoms with Crippen LogP contribution in [-0.2, 0) is 16.0 Å². The predicted molar refractivity (Wildman–Crippen MR) is 60.3 cm³/mol. The Morgan fingerprint density at radius 1 is 1.56 bits per heavy atom. The topological polar surface area (TPSA) is 79.3 Å². The van der Waals surface area contributed by atoms with Crippen LogP contribution in [0.2, 0.25) is 0 Å². The van der Waals surface area contributed by atoms with Gasteiger partial charge in [0.1, 0.15) is 5.54 Å². The molecule has 0 aliphatic carbocycles. The molecule has 88 valence electrons. The highest BCUT2D eigenvalue weighted by molar-refractivity contribution is 7.07. The fourth-order valence-electron chi connectivity index (χ4n) is 1.07. The fourth-order valence-corrected chi connectivity index (χ4v) is 1.66. The highest BCUT2D eigenvalue weighted by atomic mass is 32.1. The minimum Gasteiger partial charge on any atom is -0.480 e. The molecular formula is C10H14N2O3S. The highest BCUT2D eigenvalue weighted by Crippen LogP contribution is 2.06. The lowest BCUT2D eigenvalue weighted by Crippen LogP contribution is -2.49. The molecule has 0 radical (unpaired) electrons. The number of aryl methyl sites for hydroxylation is 1. The first-order chi connectivity index (χ1) is 7.42. The van der Waals surface area contributed by atoms with Gasteiger partial charge in [-0.05, 0) is 20.3 Å². The molecule has 0 aliphatic heterocycles. The summed E-state index contributed by atoms with van der Waals surface area (Å²) in [7, 11) is 0. The number of hydrogen-bond acceptors (Lipinski definition) is 4.